The van der Waals surface area contributed by atoms with Gasteiger partial charge in [-0.1, -0.05) is 146 Å². The van der Waals surface area contributed by atoms with Crippen LogP contribution >= 0.6 is 11.3 Å². The third-order valence-corrected chi connectivity index (χ3v) is 15.4. The fourth-order valence-corrected chi connectivity index (χ4v) is 12.2. The Morgan fingerprint density at radius 2 is 0.971 bits per heavy atom. The van der Waals surface area contributed by atoms with Crippen molar-refractivity contribution in [1.29, 1.82) is 0 Å². The summed E-state index contributed by atoms with van der Waals surface area (Å²) >= 11 is 1.87. The molecule has 0 saturated heterocycles. The molecule has 0 amide bonds. The van der Waals surface area contributed by atoms with E-state index in [0.717, 1.165) is 94.3 Å². The molecule has 0 N–H and O–H groups in total. The Hall–Kier alpha value is -9.03. The van der Waals surface area contributed by atoms with Gasteiger partial charge in [-0.15, -0.1) is 11.3 Å². The van der Waals surface area contributed by atoms with Gasteiger partial charge in [-0.05, 0) is 118 Å². The first-order valence-electron chi connectivity index (χ1n) is 23.7. The van der Waals surface area contributed by atoms with E-state index in [1.54, 1.807) is 0 Å². The number of aromatic nitrogens is 2. The average Bonchev–Trinajstić information content (AvgIpc) is 4.19. The molecule has 0 aliphatic heterocycles. The second-order valence-electron chi connectivity index (χ2n) is 18.2. The summed E-state index contributed by atoms with van der Waals surface area (Å²) in [5.74, 6) is 0. The predicted octanol–water partition coefficient (Wildman–Crippen LogP) is 18.7. The van der Waals surface area contributed by atoms with Crippen LogP contribution in [0.4, 0.5) is 0 Å². The first kappa shape index (κ1) is 39.0. The van der Waals surface area contributed by atoms with E-state index in [1.807, 2.05) is 23.5 Å². The molecule has 0 atom stereocenters. The van der Waals surface area contributed by atoms with Crippen molar-refractivity contribution in [2.75, 3.05) is 0 Å². The summed E-state index contributed by atoms with van der Waals surface area (Å²) in [6.07, 6.45) is 0. The number of pyridine rings is 1. The van der Waals surface area contributed by atoms with Gasteiger partial charge in [0.05, 0.1) is 22.4 Å². The largest absolute Gasteiger partial charge is 0.456 e. The lowest BCUT2D eigenvalue weighted by atomic mass is 9.96. The summed E-state index contributed by atoms with van der Waals surface area (Å²) in [7, 11) is 0. The van der Waals surface area contributed by atoms with Crippen molar-refractivity contribution in [3.63, 3.8) is 0 Å². The minimum Gasteiger partial charge on any atom is -0.456 e. The number of benzene rings is 10. The third-order valence-electron chi connectivity index (χ3n) is 14.2. The second kappa shape index (κ2) is 15.2. The van der Waals surface area contributed by atoms with Gasteiger partial charge in [0, 0.05) is 69.3 Å². The molecule has 0 spiro atoms. The molecular formula is C65H38N2O2S. The summed E-state index contributed by atoms with van der Waals surface area (Å²) in [5.41, 5.74) is 17.5. The molecule has 5 heterocycles. The fourth-order valence-electron chi connectivity index (χ4n) is 10.9. The molecule has 15 rings (SSSR count). The maximum absolute atomic E-state index is 6.64. The van der Waals surface area contributed by atoms with Crippen LogP contribution in [-0.4, -0.2) is 9.55 Å². The highest BCUT2D eigenvalue weighted by molar-refractivity contribution is 7.26. The molecule has 0 saturated carbocycles. The van der Waals surface area contributed by atoms with E-state index in [0.29, 0.717) is 0 Å². The Kier molecular flexibility index (Phi) is 8.49. The van der Waals surface area contributed by atoms with Crippen LogP contribution in [0.2, 0.25) is 0 Å². The van der Waals surface area contributed by atoms with Gasteiger partial charge >= 0.3 is 0 Å². The van der Waals surface area contributed by atoms with Crippen molar-refractivity contribution in [3.8, 4) is 61.6 Å². The number of hydrogen-bond acceptors (Lipinski definition) is 4. The number of hydrogen-bond donors (Lipinski definition) is 0. The van der Waals surface area contributed by atoms with Crippen LogP contribution in [0.25, 0.3) is 147 Å². The van der Waals surface area contributed by atoms with E-state index >= 15 is 0 Å². The molecule has 0 fully saturated rings. The molecule has 0 radical (unpaired) electrons. The first-order chi connectivity index (χ1) is 34.7. The van der Waals surface area contributed by atoms with Crippen LogP contribution in [0.15, 0.2) is 239 Å². The minimum atomic E-state index is 0.824. The molecule has 0 unspecified atom stereocenters. The maximum Gasteiger partial charge on any atom is 0.136 e. The van der Waals surface area contributed by atoms with E-state index < -0.39 is 0 Å². The summed E-state index contributed by atoms with van der Waals surface area (Å²) in [5, 5.41) is 9.33. The molecule has 326 valence electrons. The Bertz CT molecular complexity index is 4590. The Labute approximate surface area is 405 Å². The summed E-state index contributed by atoms with van der Waals surface area (Å²) < 4.78 is 18.0. The van der Waals surface area contributed by atoms with Crippen molar-refractivity contribution in [1.82, 2.24) is 9.55 Å². The lowest BCUT2D eigenvalue weighted by Gasteiger charge is -2.11. The Balaban J connectivity index is 0.885. The Morgan fingerprint density at radius 3 is 1.87 bits per heavy atom. The van der Waals surface area contributed by atoms with E-state index in [2.05, 4.69) is 223 Å². The van der Waals surface area contributed by atoms with Gasteiger partial charge in [-0.25, -0.2) is 4.98 Å². The maximum atomic E-state index is 6.64. The van der Waals surface area contributed by atoms with Gasteiger partial charge in [0.25, 0.3) is 0 Å². The molecule has 70 heavy (non-hydrogen) atoms. The van der Waals surface area contributed by atoms with Crippen molar-refractivity contribution in [2.24, 2.45) is 0 Å². The third kappa shape index (κ3) is 6.05. The smallest absolute Gasteiger partial charge is 0.136 e. The number of nitrogens with zero attached hydrogens (tertiary/aromatic N) is 2. The lowest BCUT2D eigenvalue weighted by Crippen LogP contribution is -1.93. The van der Waals surface area contributed by atoms with E-state index in [4.69, 9.17) is 13.8 Å². The SMILES string of the molecule is c1ccc(-c2cc(-c3ccc4c(c3)oc3ccccc34)nc(-c3cccc4oc5ccc(-c6ccc7c(c6)c6ccc(-c8cccc9c8sc8ccccc89)cc6n7-c6ccccc6)cc5c34)c2)cc1. The minimum absolute atomic E-state index is 0.824. The molecule has 10 aromatic carbocycles. The van der Waals surface area contributed by atoms with Gasteiger partial charge in [-0.2, -0.15) is 0 Å². The van der Waals surface area contributed by atoms with Gasteiger partial charge in [0.15, 0.2) is 0 Å². The molecule has 0 bridgehead atoms. The van der Waals surface area contributed by atoms with Crippen LogP contribution in [0.3, 0.4) is 0 Å². The quantitative estimate of drug-likeness (QED) is 0.167. The highest BCUT2D eigenvalue weighted by Crippen LogP contribution is 2.44. The fraction of sp³-hybridized carbons (Fsp3) is 0. The number of furan rings is 2. The van der Waals surface area contributed by atoms with Crippen molar-refractivity contribution >= 4 is 97.2 Å². The number of para-hydroxylation sites is 2. The average molecular weight is 911 g/mol. The molecule has 0 aliphatic rings. The summed E-state index contributed by atoms with van der Waals surface area (Å²) in [6, 6.07) is 82.6. The second-order valence-corrected chi connectivity index (χ2v) is 19.3. The van der Waals surface area contributed by atoms with Gasteiger partial charge in [0.2, 0.25) is 0 Å². The van der Waals surface area contributed by atoms with Crippen molar-refractivity contribution < 1.29 is 8.83 Å². The molecule has 15 aromatic rings. The van der Waals surface area contributed by atoms with Crippen molar-refractivity contribution in [2.45, 2.75) is 0 Å². The molecule has 5 heteroatoms. The van der Waals surface area contributed by atoms with Crippen molar-refractivity contribution in [3.05, 3.63) is 231 Å². The number of rotatable bonds is 6. The van der Waals surface area contributed by atoms with Gasteiger partial charge in [0.1, 0.15) is 22.3 Å². The van der Waals surface area contributed by atoms with E-state index in [9.17, 15) is 0 Å². The number of thiophene rings is 1. The number of fused-ring (bicyclic) bond motifs is 12. The van der Waals surface area contributed by atoms with Crippen LogP contribution < -0.4 is 0 Å². The van der Waals surface area contributed by atoms with Crippen LogP contribution in [0.1, 0.15) is 0 Å². The summed E-state index contributed by atoms with van der Waals surface area (Å²) in [6.45, 7) is 0. The molecule has 4 nitrogen and oxygen atoms in total. The van der Waals surface area contributed by atoms with E-state index in [-0.39, 0.29) is 0 Å². The van der Waals surface area contributed by atoms with E-state index in [1.165, 1.54) is 53.1 Å². The van der Waals surface area contributed by atoms with Crippen LogP contribution in [0.5, 0.6) is 0 Å². The van der Waals surface area contributed by atoms with Crippen LogP contribution in [0, 0.1) is 0 Å². The Morgan fingerprint density at radius 1 is 0.329 bits per heavy atom. The van der Waals surface area contributed by atoms with Gasteiger partial charge < -0.3 is 13.4 Å². The highest BCUT2D eigenvalue weighted by atomic mass is 32.1. The molecular weight excluding hydrogens is 873 g/mol. The van der Waals surface area contributed by atoms with Gasteiger partial charge in [-0.3, -0.25) is 0 Å². The lowest BCUT2D eigenvalue weighted by molar-refractivity contribution is 0.668. The monoisotopic (exact) mass is 910 g/mol. The molecule has 0 aliphatic carbocycles. The highest BCUT2D eigenvalue weighted by Gasteiger charge is 2.20. The normalized spacial score (nSPS) is 12.0. The first-order valence-corrected chi connectivity index (χ1v) is 24.5. The predicted molar refractivity (Wildman–Crippen MR) is 293 cm³/mol. The van der Waals surface area contributed by atoms with Crippen LogP contribution in [-0.2, 0) is 0 Å². The standard InChI is InChI=1S/C65H38N2O2S/c1-3-13-39(14-4-1)44-35-55(43-26-30-49-48-17-7-9-22-59(48)69-62(49)38-43)66-56(36-44)52-21-12-23-61-64(52)54-34-41(28-32-60(54)68-61)40-27-31-57-53(33-40)47-29-25-42(37-58(47)67(57)45-15-5-2-6-16-45)46-19-11-20-51-50-18-8-10-24-63(50)70-65(46)51/h1-38H. The zero-order valence-electron chi connectivity index (χ0n) is 37.6. The summed E-state index contributed by atoms with van der Waals surface area (Å²) in [4.78, 5) is 5.43. The molecule has 5 aromatic heterocycles. The topological polar surface area (TPSA) is 44.1 Å². The zero-order valence-corrected chi connectivity index (χ0v) is 38.4. The zero-order chi connectivity index (χ0) is 45.9.